The quantitative estimate of drug-likeness (QED) is 0.583. The van der Waals surface area contributed by atoms with Gasteiger partial charge in [0.15, 0.2) is 0 Å². The Hall–Kier alpha value is -0.480. The summed E-state index contributed by atoms with van der Waals surface area (Å²) in [6.45, 7) is 1.87. The van der Waals surface area contributed by atoms with Crippen LogP contribution in [-0.2, 0) is 0 Å². The van der Waals surface area contributed by atoms with Crippen LogP contribution in [0.5, 0.6) is 0 Å². The van der Waals surface area contributed by atoms with Crippen molar-refractivity contribution in [2.24, 2.45) is 0 Å². The molecule has 2 rings (SSSR count). The zero-order valence-electron chi connectivity index (χ0n) is 8.75. The van der Waals surface area contributed by atoms with Crippen molar-refractivity contribution >= 4 is 46.6 Å². The van der Waals surface area contributed by atoms with E-state index in [1.54, 1.807) is 12.1 Å². The molecule has 0 aliphatic heterocycles. The predicted molar refractivity (Wildman–Crippen MR) is 72.4 cm³/mol. The van der Waals surface area contributed by atoms with Gasteiger partial charge >= 0.3 is 0 Å². The van der Waals surface area contributed by atoms with Crippen LogP contribution in [0.4, 0.5) is 0 Å². The van der Waals surface area contributed by atoms with E-state index in [1.165, 1.54) is 11.8 Å². The normalized spacial score (nSPS) is 10.6. The van der Waals surface area contributed by atoms with Crippen LogP contribution in [0.2, 0.25) is 15.3 Å². The number of hydrogen-bond donors (Lipinski definition) is 0. The van der Waals surface area contributed by atoms with Gasteiger partial charge in [0.25, 0.3) is 0 Å². The lowest BCUT2D eigenvalue weighted by Gasteiger charge is -2.03. The molecule has 0 aliphatic carbocycles. The molecule has 88 valence electrons. The first-order chi connectivity index (χ1) is 8.04. The Labute approximate surface area is 118 Å². The maximum atomic E-state index is 5.94. The van der Waals surface area contributed by atoms with Crippen LogP contribution < -0.4 is 0 Å². The Balaban J connectivity index is 2.28. The highest BCUT2D eigenvalue weighted by molar-refractivity contribution is 7.99. The van der Waals surface area contributed by atoms with Gasteiger partial charge in [-0.1, -0.05) is 35.0 Å². The summed E-state index contributed by atoms with van der Waals surface area (Å²) in [4.78, 5) is 9.08. The van der Waals surface area contributed by atoms with Gasteiger partial charge in [0, 0.05) is 10.6 Å². The van der Waals surface area contributed by atoms with Crippen LogP contribution in [0.15, 0.2) is 34.2 Å². The molecule has 2 aromatic rings. The van der Waals surface area contributed by atoms with E-state index in [1.807, 2.05) is 19.1 Å². The number of aromatic nitrogens is 2. The summed E-state index contributed by atoms with van der Waals surface area (Å²) >= 11 is 19.0. The number of halogens is 3. The van der Waals surface area contributed by atoms with Crippen molar-refractivity contribution in [2.45, 2.75) is 16.8 Å². The SMILES string of the molecule is Cc1cc(Sc2ccc(Cl)c(Cl)c2)nc(Cl)n1. The average molecular weight is 306 g/mol. The van der Waals surface area contributed by atoms with Crippen LogP contribution in [0.1, 0.15) is 5.69 Å². The number of nitrogens with zero attached hydrogens (tertiary/aromatic N) is 2. The van der Waals surface area contributed by atoms with Gasteiger partial charge in [0.1, 0.15) is 5.03 Å². The zero-order chi connectivity index (χ0) is 12.4. The molecule has 0 amide bonds. The van der Waals surface area contributed by atoms with E-state index in [2.05, 4.69) is 9.97 Å². The molecule has 0 aliphatic rings. The molecule has 0 N–H and O–H groups in total. The Morgan fingerprint density at radius 3 is 2.41 bits per heavy atom. The van der Waals surface area contributed by atoms with Crippen LogP contribution >= 0.6 is 46.6 Å². The molecule has 6 heteroatoms. The molecule has 1 aromatic carbocycles. The lowest BCUT2D eigenvalue weighted by atomic mass is 10.4. The summed E-state index contributed by atoms with van der Waals surface area (Å²) in [5.41, 5.74) is 0.826. The third kappa shape index (κ3) is 3.49. The molecule has 0 fully saturated rings. The van der Waals surface area contributed by atoms with E-state index in [-0.39, 0.29) is 5.28 Å². The van der Waals surface area contributed by atoms with E-state index in [9.17, 15) is 0 Å². The summed E-state index contributed by atoms with van der Waals surface area (Å²) in [5.74, 6) is 0. The smallest absolute Gasteiger partial charge is 0.223 e. The van der Waals surface area contributed by atoms with Gasteiger partial charge in [-0.3, -0.25) is 0 Å². The Morgan fingerprint density at radius 2 is 1.76 bits per heavy atom. The molecule has 0 saturated heterocycles. The van der Waals surface area contributed by atoms with Gasteiger partial charge in [-0.2, -0.15) is 0 Å². The molecule has 0 radical (unpaired) electrons. The number of hydrogen-bond acceptors (Lipinski definition) is 3. The Morgan fingerprint density at radius 1 is 1.00 bits per heavy atom. The van der Waals surface area contributed by atoms with Gasteiger partial charge in [-0.15, -0.1) is 0 Å². The molecule has 0 bridgehead atoms. The van der Waals surface area contributed by atoms with Gasteiger partial charge in [0.2, 0.25) is 5.28 Å². The minimum absolute atomic E-state index is 0.243. The van der Waals surface area contributed by atoms with Crippen LogP contribution in [-0.4, -0.2) is 9.97 Å². The Kier molecular flexibility index (Phi) is 4.15. The first kappa shape index (κ1) is 13.0. The molecule has 0 atom stereocenters. The summed E-state index contributed by atoms with van der Waals surface area (Å²) in [6.07, 6.45) is 0. The molecule has 2 nitrogen and oxygen atoms in total. The molecule has 1 heterocycles. The summed E-state index contributed by atoms with van der Waals surface area (Å²) in [7, 11) is 0. The molecule has 0 unspecified atom stereocenters. The minimum atomic E-state index is 0.243. The highest BCUT2D eigenvalue weighted by Gasteiger charge is 2.05. The maximum Gasteiger partial charge on any atom is 0.223 e. The fourth-order valence-corrected chi connectivity index (χ4v) is 2.77. The van der Waals surface area contributed by atoms with Crippen molar-refractivity contribution in [3.63, 3.8) is 0 Å². The van der Waals surface area contributed by atoms with Gasteiger partial charge < -0.3 is 0 Å². The van der Waals surface area contributed by atoms with Crippen molar-refractivity contribution < 1.29 is 0 Å². The standard InChI is InChI=1S/C11H7Cl3N2S/c1-6-4-10(16-11(14)15-6)17-7-2-3-8(12)9(13)5-7/h2-5H,1H3. The van der Waals surface area contributed by atoms with Crippen LogP contribution in [0, 0.1) is 6.92 Å². The lowest BCUT2D eigenvalue weighted by molar-refractivity contribution is 1.01. The second-order valence-electron chi connectivity index (χ2n) is 3.29. The van der Waals surface area contributed by atoms with E-state index in [4.69, 9.17) is 34.8 Å². The van der Waals surface area contributed by atoms with Crippen molar-refractivity contribution in [1.29, 1.82) is 0 Å². The van der Waals surface area contributed by atoms with E-state index in [0.717, 1.165) is 15.6 Å². The molecular formula is C11H7Cl3N2S. The third-order valence-corrected chi connectivity index (χ3v) is 3.73. The van der Waals surface area contributed by atoms with Gasteiger partial charge in [-0.25, -0.2) is 9.97 Å². The minimum Gasteiger partial charge on any atom is -0.223 e. The number of aryl methyl sites for hydroxylation is 1. The molecule has 1 aromatic heterocycles. The summed E-state index contributed by atoms with van der Waals surface area (Å²) in [6, 6.07) is 7.28. The predicted octanol–water partition coefficient (Wildman–Crippen LogP) is 4.90. The largest absolute Gasteiger partial charge is 0.223 e. The van der Waals surface area contributed by atoms with Crippen molar-refractivity contribution in [3.05, 3.63) is 45.3 Å². The fourth-order valence-electron chi connectivity index (χ4n) is 1.22. The zero-order valence-corrected chi connectivity index (χ0v) is 11.8. The van der Waals surface area contributed by atoms with E-state index >= 15 is 0 Å². The maximum absolute atomic E-state index is 5.94. The highest BCUT2D eigenvalue weighted by Crippen LogP contribution is 2.32. The molecule has 0 spiro atoms. The monoisotopic (exact) mass is 304 g/mol. The molecular weight excluding hydrogens is 299 g/mol. The molecule has 0 saturated carbocycles. The Bertz CT molecular complexity index is 540. The van der Waals surface area contributed by atoms with Crippen molar-refractivity contribution in [3.8, 4) is 0 Å². The lowest BCUT2D eigenvalue weighted by Crippen LogP contribution is -1.88. The van der Waals surface area contributed by atoms with E-state index < -0.39 is 0 Å². The second-order valence-corrected chi connectivity index (χ2v) is 5.54. The highest BCUT2D eigenvalue weighted by atomic mass is 35.5. The summed E-state index contributed by atoms with van der Waals surface area (Å²) < 4.78 is 0. The topological polar surface area (TPSA) is 25.8 Å². The molecule has 17 heavy (non-hydrogen) atoms. The second kappa shape index (κ2) is 5.44. The van der Waals surface area contributed by atoms with Crippen molar-refractivity contribution in [1.82, 2.24) is 9.97 Å². The van der Waals surface area contributed by atoms with Crippen LogP contribution in [0.3, 0.4) is 0 Å². The number of benzene rings is 1. The first-order valence-corrected chi connectivity index (χ1v) is 6.64. The summed E-state index contributed by atoms with van der Waals surface area (Å²) in [5, 5.41) is 2.08. The van der Waals surface area contributed by atoms with Gasteiger partial charge in [-0.05, 0) is 42.8 Å². The van der Waals surface area contributed by atoms with Crippen molar-refractivity contribution in [2.75, 3.05) is 0 Å². The fraction of sp³-hybridized carbons (Fsp3) is 0.0909. The van der Waals surface area contributed by atoms with Crippen LogP contribution in [0.25, 0.3) is 0 Å². The van der Waals surface area contributed by atoms with E-state index in [0.29, 0.717) is 10.0 Å². The van der Waals surface area contributed by atoms with Gasteiger partial charge in [0.05, 0.1) is 10.0 Å². The average Bonchev–Trinajstić information content (AvgIpc) is 2.22. The first-order valence-electron chi connectivity index (χ1n) is 4.69. The third-order valence-electron chi connectivity index (χ3n) is 1.92. The number of rotatable bonds is 2.